The van der Waals surface area contributed by atoms with Crippen LogP contribution >= 0.6 is 11.6 Å². The molecule has 2 aromatic carbocycles. The van der Waals surface area contributed by atoms with Gasteiger partial charge in [0.1, 0.15) is 18.4 Å². The molecule has 150 valence electrons. The zero-order chi connectivity index (χ0) is 20.3. The van der Waals surface area contributed by atoms with E-state index in [1.807, 2.05) is 12.1 Å². The number of nitrogens with zero attached hydrogens (tertiary/aromatic N) is 1. The molecule has 2 N–H and O–H groups in total. The predicted octanol–water partition coefficient (Wildman–Crippen LogP) is 2.52. The van der Waals surface area contributed by atoms with Gasteiger partial charge in [-0.2, -0.15) is 4.31 Å². The van der Waals surface area contributed by atoms with Crippen LogP contribution in [0.1, 0.15) is 18.4 Å². The van der Waals surface area contributed by atoms with Crippen LogP contribution < -0.4 is 4.74 Å². The maximum Gasteiger partial charge on any atom is 0.322 e. The molecule has 2 aromatic rings. The number of halogens is 1. The minimum Gasteiger partial charge on any atom is -0.489 e. The molecule has 1 saturated heterocycles. The van der Waals surface area contributed by atoms with E-state index in [2.05, 4.69) is 0 Å². The van der Waals surface area contributed by atoms with E-state index in [0.717, 1.165) is 9.87 Å². The minimum atomic E-state index is -4.00. The molecule has 1 aliphatic rings. The Morgan fingerprint density at radius 2 is 1.93 bits per heavy atom. The highest BCUT2D eigenvalue weighted by atomic mass is 35.5. The largest absolute Gasteiger partial charge is 0.489 e. The summed E-state index contributed by atoms with van der Waals surface area (Å²) in [7, 11) is -4.00. The number of sulfonamides is 1. The number of rotatable bonds is 6. The van der Waals surface area contributed by atoms with Crippen molar-refractivity contribution >= 4 is 27.6 Å². The lowest BCUT2D eigenvalue weighted by Gasteiger charge is -2.34. The third-order valence-corrected chi connectivity index (χ3v) is 6.69. The Labute approximate surface area is 168 Å². The Hall–Kier alpha value is -2.13. The number of hydrogen-bond acceptors (Lipinski definition) is 5. The molecular weight excluding hydrogens is 406 g/mol. The standard InChI is InChI=1S/C19H20ClNO6S/c20-14-3-1-2-13(10-14)12-27-16-4-6-17(7-5-16)28(25,26)21-9-8-15(22)11-18(21)19(23)24/h1-7,10,15,18,22H,8-9,11-12H2,(H,23,24). The van der Waals surface area contributed by atoms with E-state index < -0.39 is 28.1 Å². The van der Waals surface area contributed by atoms with Gasteiger partial charge in [0, 0.05) is 18.0 Å². The summed E-state index contributed by atoms with van der Waals surface area (Å²) in [4.78, 5) is 11.4. The molecule has 2 atom stereocenters. The van der Waals surface area contributed by atoms with Crippen LogP contribution in [0.4, 0.5) is 0 Å². The SMILES string of the molecule is O=C(O)C1CC(O)CCN1S(=O)(=O)c1ccc(OCc2cccc(Cl)c2)cc1. The van der Waals surface area contributed by atoms with Crippen molar-refractivity contribution < 1.29 is 28.2 Å². The molecule has 0 radical (unpaired) electrons. The van der Waals surface area contributed by atoms with E-state index >= 15 is 0 Å². The maximum atomic E-state index is 12.9. The summed E-state index contributed by atoms with van der Waals surface area (Å²) in [5, 5.41) is 19.6. The van der Waals surface area contributed by atoms with Crippen LogP contribution in [-0.4, -0.2) is 47.6 Å². The maximum absolute atomic E-state index is 12.9. The topological polar surface area (TPSA) is 104 Å². The first kappa shape index (κ1) is 20.6. The Balaban J connectivity index is 1.73. The molecule has 0 aromatic heterocycles. The van der Waals surface area contributed by atoms with E-state index in [4.69, 9.17) is 16.3 Å². The highest BCUT2D eigenvalue weighted by Crippen LogP contribution is 2.27. The molecule has 3 rings (SSSR count). The molecular formula is C19H20ClNO6S. The molecule has 1 fully saturated rings. The quantitative estimate of drug-likeness (QED) is 0.736. The number of ether oxygens (including phenoxy) is 1. The van der Waals surface area contributed by atoms with Crippen molar-refractivity contribution in [1.29, 1.82) is 0 Å². The van der Waals surface area contributed by atoms with Gasteiger partial charge in [0.05, 0.1) is 11.0 Å². The molecule has 28 heavy (non-hydrogen) atoms. The fourth-order valence-corrected chi connectivity index (χ4v) is 4.89. The number of aliphatic hydroxyl groups excluding tert-OH is 1. The van der Waals surface area contributed by atoms with Crippen LogP contribution in [0.3, 0.4) is 0 Å². The van der Waals surface area contributed by atoms with E-state index in [0.29, 0.717) is 10.8 Å². The van der Waals surface area contributed by atoms with Crippen molar-refractivity contribution in [2.24, 2.45) is 0 Å². The molecule has 0 amide bonds. The highest BCUT2D eigenvalue weighted by molar-refractivity contribution is 7.89. The molecule has 0 bridgehead atoms. The monoisotopic (exact) mass is 425 g/mol. The average molecular weight is 426 g/mol. The van der Waals surface area contributed by atoms with Crippen LogP contribution in [-0.2, 0) is 21.4 Å². The van der Waals surface area contributed by atoms with Crippen LogP contribution in [0.15, 0.2) is 53.4 Å². The van der Waals surface area contributed by atoms with Crippen molar-refractivity contribution in [3.8, 4) is 5.75 Å². The van der Waals surface area contributed by atoms with Gasteiger partial charge in [-0.15, -0.1) is 0 Å². The number of piperidine rings is 1. The lowest BCUT2D eigenvalue weighted by Crippen LogP contribution is -2.51. The second-order valence-electron chi connectivity index (χ2n) is 6.54. The first-order chi connectivity index (χ1) is 13.3. The van der Waals surface area contributed by atoms with Gasteiger partial charge >= 0.3 is 5.97 Å². The Morgan fingerprint density at radius 3 is 2.57 bits per heavy atom. The third kappa shape index (κ3) is 4.64. The van der Waals surface area contributed by atoms with Gasteiger partial charge in [-0.1, -0.05) is 23.7 Å². The van der Waals surface area contributed by atoms with Gasteiger partial charge in [0.15, 0.2) is 0 Å². The van der Waals surface area contributed by atoms with Crippen molar-refractivity contribution in [2.45, 2.75) is 36.5 Å². The van der Waals surface area contributed by atoms with Crippen LogP contribution in [0, 0.1) is 0 Å². The number of benzene rings is 2. The fraction of sp³-hybridized carbons (Fsp3) is 0.316. The second-order valence-corrected chi connectivity index (χ2v) is 8.86. The van der Waals surface area contributed by atoms with E-state index in [1.54, 1.807) is 12.1 Å². The highest BCUT2D eigenvalue weighted by Gasteiger charge is 2.40. The summed E-state index contributed by atoms with van der Waals surface area (Å²) < 4.78 is 32.3. The number of hydrogen-bond donors (Lipinski definition) is 2. The molecule has 2 unspecified atom stereocenters. The smallest absolute Gasteiger partial charge is 0.322 e. The van der Waals surface area contributed by atoms with Crippen molar-refractivity contribution in [3.63, 3.8) is 0 Å². The summed E-state index contributed by atoms with van der Waals surface area (Å²) in [5.41, 5.74) is 0.875. The van der Waals surface area contributed by atoms with Gasteiger partial charge < -0.3 is 14.9 Å². The molecule has 1 heterocycles. The normalized spacial score (nSPS) is 20.6. The van der Waals surface area contributed by atoms with Crippen molar-refractivity contribution in [1.82, 2.24) is 4.31 Å². The zero-order valence-corrected chi connectivity index (χ0v) is 16.4. The average Bonchev–Trinajstić information content (AvgIpc) is 2.66. The van der Waals surface area contributed by atoms with Crippen molar-refractivity contribution in [2.75, 3.05) is 6.54 Å². The number of carbonyl (C=O) groups is 1. The summed E-state index contributed by atoms with van der Waals surface area (Å²) in [6.07, 6.45) is -0.756. The zero-order valence-electron chi connectivity index (χ0n) is 14.9. The third-order valence-electron chi connectivity index (χ3n) is 4.54. The van der Waals surface area contributed by atoms with E-state index in [1.165, 1.54) is 24.3 Å². The number of aliphatic carboxylic acids is 1. The van der Waals surface area contributed by atoms with Crippen LogP contribution in [0.25, 0.3) is 0 Å². The Morgan fingerprint density at radius 1 is 1.21 bits per heavy atom. The summed E-state index contributed by atoms with van der Waals surface area (Å²) in [6, 6.07) is 11.7. The van der Waals surface area contributed by atoms with Crippen LogP contribution in [0.5, 0.6) is 5.75 Å². The molecule has 0 spiro atoms. The number of aliphatic hydroxyl groups is 1. The minimum absolute atomic E-state index is 0.0229. The van der Waals surface area contributed by atoms with Gasteiger partial charge in [0.2, 0.25) is 10.0 Å². The van der Waals surface area contributed by atoms with Gasteiger partial charge in [-0.05, 0) is 48.4 Å². The molecule has 0 saturated carbocycles. The summed E-state index contributed by atoms with van der Waals surface area (Å²) in [5.74, 6) is -0.799. The van der Waals surface area contributed by atoms with Crippen LogP contribution in [0.2, 0.25) is 5.02 Å². The van der Waals surface area contributed by atoms with Gasteiger partial charge in [0.25, 0.3) is 0 Å². The Bertz CT molecular complexity index is 947. The molecule has 7 nitrogen and oxygen atoms in total. The predicted molar refractivity (Wildman–Crippen MR) is 103 cm³/mol. The van der Waals surface area contributed by atoms with E-state index in [-0.39, 0.29) is 30.9 Å². The fourth-order valence-electron chi connectivity index (χ4n) is 3.07. The number of carboxylic acid groups (broad SMARTS) is 1. The lowest BCUT2D eigenvalue weighted by molar-refractivity contribution is -0.143. The summed E-state index contributed by atoms with van der Waals surface area (Å²) in [6.45, 7) is 0.227. The summed E-state index contributed by atoms with van der Waals surface area (Å²) >= 11 is 5.93. The van der Waals surface area contributed by atoms with Crippen molar-refractivity contribution in [3.05, 3.63) is 59.1 Å². The Kier molecular flexibility index (Phi) is 6.24. The second kappa shape index (κ2) is 8.48. The molecule has 9 heteroatoms. The van der Waals surface area contributed by atoms with Gasteiger partial charge in [-0.25, -0.2) is 8.42 Å². The first-order valence-electron chi connectivity index (χ1n) is 8.67. The lowest BCUT2D eigenvalue weighted by atomic mass is 10.0. The van der Waals surface area contributed by atoms with Gasteiger partial charge in [-0.3, -0.25) is 4.79 Å². The number of carboxylic acids is 1. The molecule has 1 aliphatic heterocycles. The van der Waals surface area contributed by atoms with E-state index in [9.17, 15) is 23.4 Å². The first-order valence-corrected chi connectivity index (χ1v) is 10.5. The molecule has 0 aliphatic carbocycles.